The fourth-order valence-electron chi connectivity index (χ4n) is 3.97. The van der Waals surface area contributed by atoms with Crippen molar-refractivity contribution in [2.24, 2.45) is 0 Å². The van der Waals surface area contributed by atoms with E-state index in [0.717, 1.165) is 53.4 Å². The van der Waals surface area contributed by atoms with E-state index in [-0.39, 0.29) is 11.5 Å². The number of benzene rings is 2. The van der Waals surface area contributed by atoms with E-state index in [2.05, 4.69) is 25.3 Å². The maximum absolute atomic E-state index is 13.5. The first-order valence-corrected chi connectivity index (χ1v) is 11.0. The van der Waals surface area contributed by atoms with Gasteiger partial charge in [0.25, 0.3) is 5.56 Å². The number of halogens is 1. The molecule has 4 nitrogen and oxygen atoms in total. The normalized spacial score (nSPS) is 13.1. The number of fused-ring (bicyclic) bond motifs is 3. The Kier molecular flexibility index (Phi) is 6.67. The molecule has 1 aliphatic rings. The summed E-state index contributed by atoms with van der Waals surface area (Å²) in [4.78, 5) is 20.7. The molecule has 0 fully saturated rings. The summed E-state index contributed by atoms with van der Waals surface area (Å²) in [6.45, 7) is 15.2. The molecule has 3 aromatic rings. The Hall–Kier alpha value is -2.59. The highest BCUT2D eigenvalue weighted by Gasteiger charge is 2.23. The Balaban J connectivity index is 0.00000124. The van der Waals surface area contributed by atoms with E-state index in [0.29, 0.717) is 10.4 Å². The van der Waals surface area contributed by atoms with Gasteiger partial charge in [0.2, 0.25) is 0 Å². The van der Waals surface area contributed by atoms with E-state index in [9.17, 15) is 4.79 Å². The van der Waals surface area contributed by atoms with E-state index in [1.54, 1.807) is 16.7 Å². The van der Waals surface area contributed by atoms with Crippen LogP contribution in [-0.4, -0.2) is 16.1 Å². The van der Waals surface area contributed by atoms with Crippen LogP contribution in [0.2, 0.25) is 5.02 Å². The molecule has 0 atom stereocenters. The summed E-state index contributed by atoms with van der Waals surface area (Å²) in [6.07, 6.45) is 1.95. The summed E-state index contributed by atoms with van der Waals surface area (Å²) in [5.74, 6) is 0.866. The number of nitrogens with zero attached hydrogens (tertiary/aromatic N) is 3. The van der Waals surface area contributed by atoms with Crippen LogP contribution in [0.1, 0.15) is 58.3 Å². The van der Waals surface area contributed by atoms with Gasteiger partial charge in [-0.15, -0.1) is 0 Å². The molecular weight excluding hydrogens is 394 g/mol. The highest BCUT2D eigenvalue weighted by Crippen LogP contribution is 2.34. The van der Waals surface area contributed by atoms with Crippen molar-refractivity contribution in [3.63, 3.8) is 0 Å². The molecule has 0 saturated heterocycles. The molecule has 0 saturated carbocycles. The second-order valence-corrected chi connectivity index (χ2v) is 8.13. The minimum atomic E-state index is -0.0359. The maximum atomic E-state index is 13.5. The molecule has 0 aliphatic carbocycles. The molecule has 0 unspecified atom stereocenters. The van der Waals surface area contributed by atoms with Crippen LogP contribution in [-0.2, 0) is 6.42 Å². The molecule has 158 valence electrons. The Morgan fingerprint density at radius 2 is 1.80 bits per heavy atom. The fraction of sp³-hybridized carbons (Fsp3) is 0.360. The van der Waals surface area contributed by atoms with Crippen LogP contribution in [0.25, 0.3) is 16.6 Å². The summed E-state index contributed by atoms with van der Waals surface area (Å²) in [5, 5.41) is 1.30. The number of hydrogen-bond acceptors (Lipinski definition) is 3. The number of aryl methyl sites for hydroxylation is 1. The summed E-state index contributed by atoms with van der Waals surface area (Å²) >= 11 is 6.04. The quantitative estimate of drug-likeness (QED) is 0.484. The monoisotopic (exact) mass is 423 g/mol. The van der Waals surface area contributed by atoms with E-state index in [1.807, 2.05) is 45.0 Å². The van der Waals surface area contributed by atoms with Crippen LogP contribution in [0.4, 0.5) is 5.69 Å². The minimum absolute atomic E-state index is 0.0359. The lowest BCUT2D eigenvalue weighted by atomic mass is 9.97. The van der Waals surface area contributed by atoms with Crippen molar-refractivity contribution in [1.29, 1.82) is 0 Å². The Morgan fingerprint density at radius 3 is 2.40 bits per heavy atom. The molecule has 0 amide bonds. The van der Waals surface area contributed by atoms with Crippen LogP contribution in [0.5, 0.6) is 0 Å². The standard InChI is InChI=1S/C23H24ClN3O.C2H6/c1-14(2)22-25-21-18-6-5-13-26(15(3)4)20(18)12-11-19(21)23(28)27(22)17-9-7-16(24)8-10-17;1-2/h7-12,14H,3,5-6,13H2,1-2,4H3;1-2H3. The largest absolute Gasteiger partial charge is 0.346 e. The summed E-state index contributed by atoms with van der Waals surface area (Å²) in [5.41, 5.74) is 4.85. The molecule has 0 bridgehead atoms. The molecule has 1 aromatic heterocycles. The first-order chi connectivity index (χ1) is 14.4. The van der Waals surface area contributed by atoms with Gasteiger partial charge in [-0.05, 0) is 56.2 Å². The van der Waals surface area contributed by atoms with Gasteiger partial charge in [-0.2, -0.15) is 0 Å². The highest BCUT2D eigenvalue weighted by atomic mass is 35.5. The van der Waals surface area contributed by atoms with Crippen LogP contribution in [0, 0.1) is 0 Å². The number of anilines is 1. The zero-order chi connectivity index (χ0) is 22.0. The van der Waals surface area contributed by atoms with Gasteiger partial charge in [0.05, 0.1) is 16.6 Å². The van der Waals surface area contributed by atoms with Gasteiger partial charge in [0.1, 0.15) is 5.82 Å². The summed E-state index contributed by atoms with van der Waals surface area (Å²) in [6, 6.07) is 11.3. The molecule has 30 heavy (non-hydrogen) atoms. The first kappa shape index (κ1) is 22.1. The van der Waals surface area contributed by atoms with Gasteiger partial charge in [-0.25, -0.2) is 4.98 Å². The van der Waals surface area contributed by atoms with E-state index in [1.165, 1.54) is 0 Å². The molecule has 1 aliphatic heterocycles. The first-order valence-electron chi connectivity index (χ1n) is 10.7. The van der Waals surface area contributed by atoms with Gasteiger partial charge < -0.3 is 4.90 Å². The fourth-order valence-corrected chi connectivity index (χ4v) is 4.10. The SMILES string of the molecule is C=C(C)N1CCCc2c1ccc1c(=O)n(-c3ccc(Cl)cc3)c(C(C)C)nc21.CC. The van der Waals surface area contributed by atoms with Gasteiger partial charge in [0.15, 0.2) is 0 Å². The zero-order valence-electron chi connectivity index (χ0n) is 18.5. The lowest BCUT2D eigenvalue weighted by molar-refractivity contribution is 0.716. The van der Waals surface area contributed by atoms with E-state index in [4.69, 9.17) is 16.6 Å². The van der Waals surface area contributed by atoms with Crippen molar-refractivity contribution in [1.82, 2.24) is 9.55 Å². The topological polar surface area (TPSA) is 38.1 Å². The molecule has 0 N–H and O–H groups in total. The van der Waals surface area contributed by atoms with Crippen LogP contribution in [0.3, 0.4) is 0 Å². The molecule has 0 radical (unpaired) electrons. The highest BCUT2D eigenvalue weighted by molar-refractivity contribution is 6.30. The number of aromatic nitrogens is 2. The molecule has 4 rings (SSSR count). The third kappa shape index (κ3) is 3.89. The van der Waals surface area contributed by atoms with Crippen LogP contribution in [0.15, 0.2) is 53.5 Å². The van der Waals surface area contributed by atoms with Crippen molar-refractivity contribution >= 4 is 28.2 Å². The lowest BCUT2D eigenvalue weighted by Crippen LogP contribution is -2.29. The van der Waals surface area contributed by atoms with Crippen molar-refractivity contribution < 1.29 is 0 Å². The van der Waals surface area contributed by atoms with Crippen molar-refractivity contribution in [2.45, 2.75) is 53.4 Å². The number of hydrogen-bond donors (Lipinski definition) is 0. The third-order valence-corrected chi connectivity index (χ3v) is 5.56. The molecule has 2 aromatic carbocycles. The van der Waals surface area contributed by atoms with Crippen molar-refractivity contribution in [2.75, 3.05) is 11.4 Å². The Bertz CT molecular complexity index is 1130. The summed E-state index contributed by atoms with van der Waals surface area (Å²) < 4.78 is 1.72. The van der Waals surface area contributed by atoms with Crippen LogP contribution >= 0.6 is 11.6 Å². The average Bonchev–Trinajstić information content (AvgIpc) is 2.75. The average molecular weight is 424 g/mol. The maximum Gasteiger partial charge on any atom is 0.265 e. The molecule has 2 heterocycles. The third-order valence-electron chi connectivity index (χ3n) is 5.31. The second kappa shape index (κ2) is 9.05. The van der Waals surface area contributed by atoms with Gasteiger partial charge >= 0.3 is 0 Å². The van der Waals surface area contributed by atoms with Crippen molar-refractivity contribution in [3.8, 4) is 5.69 Å². The Labute approximate surface area is 183 Å². The zero-order valence-corrected chi connectivity index (χ0v) is 19.3. The smallest absolute Gasteiger partial charge is 0.265 e. The predicted octanol–water partition coefficient (Wildman–Crippen LogP) is 6.47. The predicted molar refractivity (Wildman–Crippen MR) is 128 cm³/mol. The van der Waals surface area contributed by atoms with Crippen LogP contribution < -0.4 is 10.5 Å². The number of allylic oxidation sites excluding steroid dienone is 1. The van der Waals surface area contributed by atoms with E-state index < -0.39 is 0 Å². The lowest BCUT2D eigenvalue weighted by Gasteiger charge is -2.32. The van der Waals surface area contributed by atoms with Gasteiger partial charge in [-0.3, -0.25) is 9.36 Å². The Morgan fingerprint density at radius 1 is 1.13 bits per heavy atom. The number of rotatable bonds is 3. The van der Waals surface area contributed by atoms with Gasteiger partial charge in [0, 0.05) is 34.4 Å². The van der Waals surface area contributed by atoms with Gasteiger partial charge in [-0.1, -0.05) is 45.9 Å². The van der Waals surface area contributed by atoms with Crippen molar-refractivity contribution in [3.05, 3.63) is 75.4 Å². The summed E-state index contributed by atoms with van der Waals surface area (Å²) in [7, 11) is 0. The molecular formula is C25H30ClN3O. The molecule has 0 spiro atoms. The minimum Gasteiger partial charge on any atom is -0.346 e. The second-order valence-electron chi connectivity index (χ2n) is 7.69. The van der Waals surface area contributed by atoms with E-state index >= 15 is 0 Å². The molecule has 5 heteroatoms.